The molecule has 76 valence electrons. The van der Waals surface area contributed by atoms with Gasteiger partial charge in [-0.15, -0.1) is 0 Å². The average Bonchev–Trinajstić information content (AvgIpc) is 1.81. The fourth-order valence-corrected chi connectivity index (χ4v) is 0.659. The van der Waals surface area contributed by atoms with Gasteiger partial charge in [0, 0.05) is 0 Å². The van der Waals surface area contributed by atoms with E-state index < -0.39 is 20.2 Å². The number of hydrogen-bond acceptors (Lipinski definition) is 5. The summed E-state index contributed by atoms with van der Waals surface area (Å²) in [5.41, 5.74) is 0. The third kappa shape index (κ3) is 11.1. The summed E-state index contributed by atoms with van der Waals surface area (Å²) in [4.78, 5) is 0. The molecule has 0 atom stereocenters. The van der Waals surface area contributed by atoms with Crippen LogP contribution in [0.5, 0.6) is 0 Å². The molecule has 0 saturated carbocycles. The van der Waals surface area contributed by atoms with Crippen LogP contribution in [0.1, 0.15) is 0 Å². The molecule has 0 amide bonds. The van der Waals surface area contributed by atoms with Crippen molar-refractivity contribution in [1.82, 2.24) is 0 Å². The molecule has 0 bridgehead atoms. The van der Waals surface area contributed by atoms with Gasteiger partial charge in [0.1, 0.15) is 12.5 Å². The lowest BCUT2D eigenvalue weighted by molar-refractivity contribution is 0.401. The largest absolute Gasteiger partial charge is 0.471 e. The molecule has 0 aliphatic carbocycles. The molecule has 0 spiro atoms. The summed E-state index contributed by atoms with van der Waals surface area (Å²) < 4.78 is 60.3. The van der Waals surface area contributed by atoms with Crippen LogP contribution in [0.3, 0.4) is 0 Å². The second kappa shape index (κ2) is 4.37. The van der Waals surface area contributed by atoms with E-state index >= 15 is 0 Å². The molecule has 0 aromatic carbocycles. The maximum atomic E-state index is 9.99. The molecule has 0 heterocycles. The molecule has 0 radical (unpaired) electrons. The highest BCUT2D eigenvalue weighted by Crippen LogP contribution is 1.89. The van der Waals surface area contributed by atoms with E-state index in [1.54, 1.807) is 0 Å². The molecular weight excluding hydrogens is 224 g/mol. The molecule has 2 N–H and O–H groups in total. The molecule has 0 aliphatic rings. The van der Waals surface area contributed by atoms with Crippen LogP contribution in [-0.4, -0.2) is 25.9 Å². The number of hydrogen-bond donors (Lipinski definition) is 2. The number of ether oxygens (including phenoxy) is 1. The van der Waals surface area contributed by atoms with Gasteiger partial charge in [-0.1, -0.05) is 0 Å². The van der Waals surface area contributed by atoms with Gasteiger partial charge < -0.3 is 4.74 Å². The maximum absolute atomic E-state index is 9.99. The summed E-state index contributed by atoms with van der Waals surface area (Å²) in [6.07, 6.45) is 1.05. The molecule has 0 aliphatic heterocycles. The molecule has 0 unspecified atom stereocenters. The van der Waals surface area contributed by atoms with Gasteiger partial charge in [-0.3, -0.25) is 9.11 Å². The molecule has 0 aromatic rings. The van der Waals surface area contributed by atoms with E-state index in [4.69, 9.17) is 9.11 Å². The minimum absolute atomic E-state index is 0.293. The van der Waals surface area contributed by atoms with Crippen molar-refractivity contribution in [2.24, 2.45) is 0 Å². The van der Waals surface area contributed by atoms with Gasteiger partial charge in [-0.05, 0) is 0 Å². The highest BCUT2D eigenvalue weighted by molar-refractivity contribution is 7.89. The van der Waals surface area contributed by atoms with Crippen molar-refractivity contribution in [3.63, 3.8) is 0 Å². The summed E-state index contributed by atoms with van der Waals surface area (Å²) >= 11 is 0. The lowest BCUT2D eigenvalue weighted by Crippen LogP contribution is -1.90. The lowest BCUT2D eigenvalue weighted by atomic mass is 11.1. The third-order valence-corrected chi connectivity index (χ3v) is 1.52. The summed E-state index contributed by atoms with van der Waals surface area (Å²) in [5, 5.41) is 0.586. The standard InChI is InChI=1S/C4H6O7S2/c5-12(6,7)3-1-11-2-4-13(8,9)10/h1-4H,(H,5,6,7)(H,8,9,10). The fraction of sp³-hybridized carbons (Fsp3) is 0. The van der Waals surface area contributed by atoms with E-state index in [9.17, 15) is 16.8 Å². The van der Waals surface area contributed by atoms with Gasteiger partial charge in [0.2, 0.25) is 0 Å². The van der Waals surface area contributed by atoms with E-state index in [1.807, 2.05) is 0 Å². The van der Waals surface area contributed by atoms with Crippen LogP contribution in [-0.2, 0) is 25.0 Å². The van der Waals surface area contributed by atoms with Crippen LogP contribution in [0.15, 0.2) is 23.3 Å². The first-order valence-corrected chi connectivity index (χ1v) is 5.65. The first kappa shape index (κ1) is 12.1. The zero-order chi connectivity index (χ0) is 10.5. The van der Waals surface area contributed by atoms with Crippen molar-refractivity contribution < 1.29 is 30.7 Å². The Morgan fingerprint density at radius 1 is 0.846 bits per heavy atom. The lowest BCUT2D eigenvalue weighted by Gasteiger charge is -1.87. The van der Waals surface area contributed by atoms with Crippen molar-refractivity contribution in [1.29, 1.82) is 0 Å². The van der Waals surface area contributed by atoms with Gasteiger partial charge in [-0.2, -0.15) is 16.8 Å². The van der Waals surface area contributed by atoms with Crippen LogP contribution in [0.4, 0.5) is 0 Å². The highest BCUT2D eigenvalue weighted by atomic mass is 32.2. The number of rotatable bonds is 4. The molecule has 7 nitrogen and oxygen atoms in total. The molecule has 9 heteroatoms. The Bertz CT molecular complexity index is 358. The molecule has 0 saturated heterocycles. The van der Waals surface area contributed by atoms with E-state index in [2.05, 4.69) is 4.74 Å². The normalized spacial score (nSPS) is 14.0. The van der Waals surface area contributed by atoms with Crippen LogP contribution < -0.4 is 0 Å². The van der Waals surface area contributed by atoms with E-state index in [1.165, 1.54) is 0 Å². The molecule has 0 rings (SSSR count). The first-order valence-electron chi connectivity index (χ1n) is 2.64. The van der Waals surface area contributed by atoms with Gasteiger partial charge in [0.15, 0.2) is 0 Å². The Balaban J connectivity index is 4.10. The van der Waals surface area contributed by atoms with Crippen LogP contribution in [0, 0.1) is 0 Å². The maximum Gasteiger partial charge on any atom is 0.290 e. The topological polar surface area (TPSA) is 118 Å². The minimum atomic E-state index is -4.29. The molecule has 0 aromatic heterocycles. The molecule has 0 fully saturated rings. The Kier molecular flexibility index (Phi) is 4.07. The van der Waals surface area contributed by atoms with Crippen LogP contribution in [0.25, 0.3) is 0 Å². The second-order valence-electron chi connectivity index (χ2n) is 1.71. The summed E-state index contributed by atoms with van der Waals surface area (Å²) in [5.74, 6) is 0. The zero-order valence-electron chi connectivity index (χ0n) is 6.06. The summed E-state index contributed by atoms with van der Waals surface area (Å²) in [6, 6.07) is 0. The van der Waals surface area contributed by atoms with Gasteiger partial charge >= 0.3 is 0 Å². The van der Waals surface area contributed by atoms with Gasteiger partial charge in [0.05, 0.1) is 10.8 Å². The van der Waals surface area contributed by atoms with E-state index in [0.717, 1.165) is 0 Å². The first-order chi connectivity index (χ1) is 5.71. The van der Waals surface area contributed by atoms with Gasteiger partial charge in [-0.25, -0.2) is 0 Å². The van der Waals surface area contributed by atoms with Gasteiger partial charge in [0.25, 0.3) is 20.2 Å². The smallest absolute Gasteiger partial charge is 0.290 e. The SMILES string of the molecule is O=S(=O)(O)C=COC=CS(=O)(=O)O. The second-order valence-corrected chi connectivity index (χ2v) is 4.31. The summed E-state index contributed by atoms with van der Waals surface area (Å²) in [7, 11) is -8.58. The Labute approximate surface area is 74.8 Å². The van der Waals surface area contributed by atoms with E-state index in [0.29, 0.717) is 23.3 Å². The van der Waals surface area contributed by atoms with Crippen LogP contribution >= 0.6 is 0 Å². The predicted molar refractivity (Wildman–Crippen MR) is 42.5 cm³/mol. The quantitative estimate of drug-likeness (QED) is 0.503. The monoisotopic (exact) mass is 230 g/mol. The fourth-order valence-electron chi connectivity index (χ4n) is 0.250. The third-order valence-electron chi connectivity index (χ3n) is 0.612. The Hall–Kier alpha value is -0.900. The molecular formula is C4H6O7S2. The highest BCUT2D eigenvalue weighted by Gasteiger charge is 1.95. The predicted octanol–water partition coefficient (Wildman–Crippen LogP) is -0.279. The Morgan fingerprint density at radius 2 is 1.15 bits per heavy atom. The Morgan fingerprint density at radius 3 is 1.38 bits per heavy atom. The zero-order valence-corrected chi connectivity index (χ0v) is 7.69. The van der Waals surface area contributed by atoms with Crippen molar-refractivity contribution in [2.45, 2.75) is 0 Å². The van der Waals surface area contributed by atoms with Crippen molar-refractivity contribution >= 4 is 20.2 Å². The van der Waals surface area contributed by atoms with Crippen molar-refractivity contribution in [2.75, 3.05) is 0 Å². The van der Waals surface area contributed by atoms with Crippen molar-refractivity contribution in [3.8, 4) is 0 Å². The van der Waals surface area contributed by atoms with E-state index in [-0.39, 0.29) is 0 Å². The average molecular weight is 230 g/mol. The minimum Gasteiger partial charge on any atom is -0.471 e. The molecule has 13 heavy (non-hydrogen) atoms. The van der Waals surface area contributed by atoms with Crippen molar-refractivity contribution in [3.05, 3.63) is 23.3 Å². The summed E-state index contributed by atoms with van der Waals surface area (Å²) in [6.45, 7) is 0. The van der Waals surface area contributed by atoms with Crippen LogP contribution in [0.2, 0.25) is 0 Å².